The van der Waals surface area contributed by atoms with Crippen LogP contribution in [0.2, 0.25) is 0 Å². The minimum absolute atomic E-state index is 0.170. The molecule has 2 amide bonds. The fraction of sp³-hybridized carbons (Fsp3) is 0.111. The van der Waals surface area contributed by atoms with Gasteiger partial charge >= 0.3 is 0 Å². The molecule has 2 aliphatic heterocycles. The number of nitrogens with zero attached hydrogens (tertiary/aromatic N) is 4. The van der Waals surface area contributed by atoms with Gasteiger partial charge in [0.15, 0.2) is 0 Å². The van der Waals surface area contributed by atoms with Crippen molar-refractivity contribution in [1.29, 1.82) is 0 Å². The number of imide groups is 1. The van der Waals surface area contributed by atoms with E-state index in [1.807, 2.05) is 24.3 Å². The van der Waals surface area contributed by atoms with Gasteiger partial charge in [-0.05, 0) is 41.5 Å². The normalized spacial score (nSPS) is 15.8. The van der Waals surface area contributed by atoms with Gasteiger partial charge in [0.1, 0.15) is 6.33 Å². The Bertz CT molecular complexity index is 1400. The maximum absolute atomic E-state index is 13.3. The zero-order chi connectivity index (χ0) is 22.7. The summed E-state index contributed by atoms with van der Waals surface area (Å²) in [4.78, 5) is 37.5. The van der Waals surface area contributed by atoms with Gasteiger partial charge in [0, 0.05) is 11.1 Å². The van der Waals surface area contributed by atoms with Crippen molar-refractivity contribution in [3.63, 3.8) is 0 Å². The number of amides is 2. The first-order valence-electron chi connectivity index (χ1n) is 10.8. The van der Waals surface area contributed by atoms with Gasteiger partial charge in [-0.1, -0.05) is 50.2 Å². The Labute approximate surface area is 191 Å². The van der Waals surface area contributed by atoms with Crippen LogP contribution in [-0.4, -0.2) is 21.8 Å². The number of aromatic nitrogens is 2. The average molecular weight is 432 g/mol. The molecule has 0 spiro atoms. The molecule has 0 saturated heterocycles. The summed E-state index contributed by atoms with van der Waals surface area (Å²) in [6.07, 6.45) is 4.30. The summed E-state index contributed by atoms with van der Waals surface area (Å²) in [6.45, 7) is 4.46. The third-order valence-corrected chi connectivity index (χ3v) is 6.57. The second kappa shape index (κ2) is 6.84. The van der Waals surface area contributed by atoms with E-state index in [0.717, 1.165) is 22.0 Å². The van der Waals surface area contributed by atoms with Gasteiger partial charge in [0.25, 0.3) is 11.8 Å². The monoisotopic (exact) mass is 432 g/mol. The highest BCUT2D eigenvalue weighted by atomic mass is 16.2. The van der Waals surface area contributed by atoms with Crippen LogP contribution in [-0.2, 0) is 5.41 Å². The summed E-state index contributed by atoms with van der Waals surface area (Å²) >= 11 is 0. The van der Waals surface area contributed by atoms with E-state index >= 15 is 0 Å². The summed E-state index contributed by atoms with van der Waals surface area (Å²) in [5.74, 6) is -0.734. The SMILES string of the molecule is CC1(C)c2ccccc2N(c2ccc3c(c2)C(=O)N(c2cncnc2)C3=O)c2ccccc21. The molecule has 0 saturated carbocycles. The number of carbonyl (C=O) groups is 2. The van der Waals surface area contributed by atoms with E-state index in [1.54, 1.807) is 6.07 Å². The first kappa shape index (κ1) is 19.4. The second-order valence-corrected chi connectivity index (χ2v) is 8.77. The lowest BCUT2D eigenvalue weighted by Crippen LogP contribution is -2.30. The molecule has 0 unspecified atom stereocenters. The van der Waals surface area contributed by atoms with Crippen molar-refractivity contribution in [1.82, 2.24) is 9.97 Å². The van der Waals surface area contributed by atoms with Crippen LogP contribution in [0.4, 0.5) is 22.7 Å². The number of hydrogen-bond acceptors (Lipinski definition) is 5. The van der Waals surface area contributed by atoms with E-state index in [-0.39, 0.29) is 17.2 Å². The summed E-state index contributed by atoms with van der Waals surface area (Å²) in [6, 6.07) is 22.1. The smallest absolute Gasteiger partial charge is 0.266 e. The van der Waals surface area contributed by atoms with Gasteiger partial charge in [-0.25, -0.2) is 14.9 Å². The number of carbonyl (C=O) groups excluding carboxylic acids is 2. The molecule has 3 heterocycles. The number of rotatable bonds is 2. The van der Waals surface area contributed by atoms with Gasteiger partial charge < -0.3 is 4.90 Å². The Kier molecular flexibility index (Phi) is 4.01. The molecule has 0 aliphatic carbocycles. The lowest BCUT2D eigenvalue weighted by molar-refractivity contribution is 0.0926. The topological polar surface area (TPSA) is 66.4 Å². The molecule has 4 aromatic rings. The Balaban J connectivity index is 1.52. The van der Waals surface area contributed by atoms with Crippen LogP contribution in [0.15, 0.2) is 85.5 Å². The molecule has 0 radical (unpaired) electrons. The zero-order valence-electron chi connectivity index (χ0n) is 18.2. The maximum Gasteiger partial charge on any atom is 0.266 e. The third kappa shape index (κ3) is 2.67. The van der Waals surface area contributed by atoms with Crippen LogP contribution in [0.25, 0.3) is 0 Å². The molecule has 6 heteroatoms. The largest absolute Gasteiger partial charge is 0.310 e. The first-order chi connectivity index (χ1) is 16.0. The van der Waals surface area contributed by atoms with Gasteiger partial charge in [-0.15, -0.1) is 0 Å². The highest BCUT2D eigenvalue weighted by Gasteiger charge is 2.40. The van der Waals surface area contributed by atoms with Crippen LogP contribution in [0.1, 0.15) is 45.7 Å². The first-order valence-corrected chi connectivity index (χ1v) is 10.8. The van der Waals surface area contributed by atoms with Crippen LogP contribution in [0.5, 0.6) is 0 Å². The minimum Gasteiger partial charge on any atom is -0.310 e. The number of para-hydroxylation sites is 2. The predicted octanol–water partition coefficient (Wildman–Crippen LogP) is 5.39. The molecule has 3 aromatic carbocycles. The van der Waals surface area contributed by atoms with Crippen molar-refractivity contribution in [2.75, 3.05) is 9.80 Å². The Hall–Kier alpha value is -4.32. The van der Waals surface area contributed by atoms with E-state index in [4.69, 9.17) is 0 Å². The zero-order valence-corrected chi connectivity index (χ0v) is 18.2. The third-order valence-electron chi connectivity index (χ3n) is 6.57. The average Bonchev–Trinajstić information content (AvgIpc) is 3.09. The second-order valence-electron chi connectivity index (χ2n) is 8.77. The summed E-state index contributed by atoms with van der Waals surface area (Å²) < 4.78 is 0. The number of anilines is 4. The van der Waals surface area contributed by atoms with Crippen LogP contribution < -0.4 is 9.80 Å². The molecule has 160 valence electrons. The molecular formula is C27H20N4O2. The maximum atomic E-state index is 13.3. The van der Waals surface area contributed by atoms with Crippen molar-refractivity contribution in [2.24, 2.45) is 0 Å². The molecule has 6 rings (SSSR count). The number of benzene rings is 3. The van der Waals surface area contributed by atoms with E-state index in [9.17, 15) is 9.59 Å². The lowest BCUT2D eigenvalue weighted by atomic mass is 9.73. The highest BCUT2D eigenvalue weighted by molar-refractivity contribution is 6.34. The summed E-state index contributed by atoms with van der Waals surface area (Å²) in [5.41, 5.74) is 6.31. The fourth-order valence-corrected chi connectivity index (χ4v) is 4.96. The van der Waals surface area contributed by atoms with Gasteiger partial charge in [-0.3, -0.25) is 9.59 Å². The number of fused-ring (bicyclic) bond motifs is 3. The van der Waals surface area contributed by atoms with Crippen molar-refractivity contribution in [2.45, 2.75) is 19.3 Å². The predicted molar refractivity (Wildman–Crippen MR) is 126 cm³/mol. The Morgan fingerprint density at radius 1 is 0.667 bits per heavy atom. The molecule has 0 N–H and O–H groups in total. The summed E-state index contributed by atoms with van der Waals surface area (Å²) in [5, 5.41) is 0. The molecule has 0 bridgehead atoms. The Morgan fingerprint density at radius 3 is 1.88 bits per heavy atom. The van der Waals surface area contributed by atoms with Gasteiger partial charge in [-0.2, -0.15) is 0 Å². The molecule has 0 atom stereocenters. The Morgan fingerprint density at radius 2 is 1.24 bits per heavy atom. The van der Waals surface area contributed by atoms with E-state index in [1.165, 1.54) is 29.8 Å². The van der Waals surface area contributed by atoms with Crippen molar-refractivity contribution in [3.05, 3.63) is 108 Å². The molecular weight excluding hydrogens is 412 g/mol. The van der Waals surface area contributed by atoms with Crippen molar-refractivity contribution < 1.29 is 9.59 Å². The minimum atomic E-state index is -0.370. The van der Waals surface area contributed by atoms with Gasteiger partial charge in [0.05, 0.1) is 40.6 Å². The lowest BCUT2D eigenvalue weighted by Gasteiger charge is -2.42. The van der Waals surface area contributed by atoms with E-state index < -0.39 is 0 Å². The van der Waals surface area contributed by atoms with E-state index in [2.05, 4.69) is 65.1 Å². The molecule has 0 fully saturated rings. The summed E-state index contributed by atoms with van der Waals surface area (Å²) in [7, 11) is 0. The van der Waals surface area contributed by atoms with Crippen LogP contribution in [0.3, 0.4) is 0 Å². The van der Waals surface area contributed by atoms with Crippen molar-refractivity contribution in [3.8, 4) is 0 Å². The van der Waals surface area contributed by atoms with Crippen LogP contribution >= 0.6 is 0 Å². The molecule has 33 heavy (non-hydrogen) atoms. The molecule has 6 nitrogen and oxygen atoms in total. The number of hydrogen-bond donors (Lipinski definition) is 0. The fourth-order valence-electron chi connectivity index (χ4n) is 4.96. The van der Waals surface area contributed by atoms with E-state index in [0.29, 0.717) is 16.8 Å². The van der Waals surface area contributed by atoms with Crippen LogP contribution in [0, 0.1) is 0 Å². The quantitative estimate of drug-likeness (QED) is 0.398. The molecule has 1 aromatic heterocycles. The van der Waals surface area contributed by atoms with Gasteiger partial charge in [0.2, 0.25) is 0 Å². The highest BCUT2D eigenvalue weighted by Crippen LogP contribution is 2.51. The molecule has 2 aliphatic rings. The standard InChI is InChI=1S/C27H20N4O2/c1-27(2)21-7-3-5-9-23(21)30(24-10-6-4-8-22(24)27)17-11-12-19-20(13-17)26(33)31(25(19)32)18-14-28-16-29-15-18/h3-16H,1-2H3. The van der Waals surface area contributed by atoms with Crippen molar-refractivity contribution >= 4 is 34.6 Å².